The lowest BCUT2D eigenvalue weighted by Gasteiger charge is -2.14. The monoisotopic (exact) mass is 343 g/mol. The van der Waals surface area contributed by atoms with Crippen molar-refractivity contribution in [1.82, 2.24) is 4.98 Å². The highest BCUT2D eigenvalue weighted by atomic mass is 35.5. The van der Waals surface area contributed by atoms with Gasteiger partial charge in [0.05, 0.1) is 5.56 Å². The van der Waals surface area contributed by atoms with Crippen molar-refractivity contribution in [3.63, 3.8) is 0 Å². The van der Waals surface area contributed by atoms with Crippen LogP contribution in [0.4, 0.5) is 18.9 Å². The summed E-state index contributed by atoms with van der Waals surface area (Å²) in [5.41, 5.74) is 3.86. The molecule has 1 aromatic heterocycles. The van der Waals surface area contributed by atoms with Crippen molar-refractivity contribution in [2.45, 2.75) is 6.18 Å². The number of carbonyl (C=O) groups is 2. The van der Waals surface area contributed by atoms with Crippen LogP contribution in [-0.2, 0) is 11.0 Å². The Morgan fingerprint density at radius 2 is 1.96 bits per heavy atom. The van der Waals surface area contributed by atoms with Gasteiger partial charge in [0.25, 0.3) is 5.91 Å². The zero-order chi connectivity index (χ0) is 17.2. The molecule has 0 bridgehead atoms. The number of pyridine rings is 1. The van der Waals surface area contributed by atoms with Crippen molar-refractivity contribution in [2.24, 2.45) is 5.73 Å². The molecule has 0 fully saturated rings. The van der Waals surface area contributed by atoms with Gasteiger partial charge >= 0.3 is 6.18 Å². The molecule has 2 rings (SSSR count). The molecule has 0 saturated heterocycles. The van der Waals surface area contributed by atoms with E-state index in [1.165, 1.54) is 18.2 Å². The molecule has 23 heavy (non-hydrogen) atoms. The van der Waals surface area contributed by atoms with E-state index in [2.05, 4.69) is 10.3 Å². The number of anilines is 1. The summed E-state index contributed by atoms with van der Waals surface area (Å²) in [5.74, 6) is -0.999. The molecule has 9 heteroatoms. The van der Waals surface area contributed by atoms with Crippen LogP contribution >= 0.6 is 11.6 Å². The minimum absolute atomic E-state index is 0.121. The highest BCUT2D eigenvalue weighted by Crippen LogP contribution is 2.36. The molecular weight excluding hydrogens is 335 g/mol. The highest BCUT2D eigenvalue weighted by Gasteiger charge is 2.32. The number of nitrogens with two attached hydrogens (primary N) is 1. The summed E-state index contributed by atoms with van der Waals surface area (Å²) in [5, 5.41) is 2.56. The maximum atomic E-state index is 12.9. The Labute approximate surface area is 133 Å². The summed E-state index contributed by atoms with van der Waals surface area (Å²) < 4.78 is 38.6. The molecule has 1 aromatic carbocycles. The smallest absolute Gasteiger partial charge is 0.364 e. The molecule has 3 N–H and O–H groups in total. The molecule has 0 spiro atoms. The van der Waals surface area contributed by atoms with E-state index in [0.717, 1.165) is 6.07 Å². The van der Waals surface area contributed by atoms with Gasteiger partial charge in [-0.3, -0.25) is 9.59 Å². The standard InChI is InChI=1S/C14H9ClF3N3O2/c15-8-1-2-9(11(4-8)21-6-22)10-3-7(14(16,17)18)5-20-12(10)13(19)23/h1-6H,(H2,19,23)(H,21,22). The van der Waals surface area contributed by atoms with Crippen molar-refractivity contribution in [3.05, 3.63) is 46.7 Å². The maximum Gasteiger partial charge on any atom is 0.417 e. The topological polar surface area (TPSA) is 85.1 Å². The van der Waals surface area contributed by atoms with Crippen molar-refractivity contribution in [3.8, 4) is 11.1 Å². The van der Waals surface area contributed by atoms with Crippen molar-refractivity contribution >= 4 is 29.6 Å². The van der Waals surface area contributed by atoms with Crippen molar-refractivity contribution in [2.75, 3.05) is 5.32 Å². The molecule has 5 nitrogen and oxygen atoms in total. The van der Waals surface area contributed by atoms with E-state index in [-0.39, 0.29) is 27.5 Å². The zero-order valence-electron chi connectivity index (χ0n) is 11.3. The number of benzene rings is 1. The predicted molar refractivity (Wildman–Crippen MR) is 77.9 cm³/mol. The second-order valence-electron chi connectivity index (χ2n) is 4.43. The molecule has 0 aliphatic carbocycles. The summed E-state index contributed by atoms with van der Waals surface area (Å²) in [6, 6.07) is 4.83. The summed E-state index contributed by atoms with van der Waals surface area (Å²) in [4.78, 5) is 25.6. The number of hydrogen-bond acceptors (Lipinski definition) is 3. The van der Waals surface area contributed by atoms with E-state index < -0.39 is 17.6 Å². The molecular formula is C14H9ClF3N3O2. The number of amides is 2. The first-order chi connectivity index (χ1) is 10.7. The van der Waals surface area contributed by atoms with Crippen LogP contribution < -0.4 is 11.1 Å². The fourth-order valence-electron chi connectivity index (χ4n) is 1.96. The number of primary amides is 1. The average molecular weight is 344 g/mol. The lowest BCUT2D eigenvalue weighted by molar-refractivity contribution is -0.137. The number of halogens is 4. The second-order valence-corrected chi connectivity index (χ2v) is 4.87. The largest absolute Gasteiger partial charge is 0.417 e. The van der Waals surface area contributed by atoms with Crippen LogP contribution in [0, 0.1) is 0 Å². The fraction of sp³-hybridized carbons (Fsp3) is 0.0714. The third kappa shape index (κ3) is 3.59. The quantitative estimate of drug-likeness (QED) is 0.836. The molecule has 2 aromatic rings. The lowest BCUT2D eigenvalue weighted by Crippen LogP contribution is -2.17. The summed E-state index contributed by atoms with van der Waals surface area (Å²) in [6.07, 6.45) is -3.80. The van der Waals surface area contributed by atoms with Crippen LogP contribution in [0.2, 0.25) is 5.02 Å². The predicted octanol–water partition coefficient (Wildman–Crippen LogP) is 3.09. The Kier molecular flexibility index (Phi) is 4.55. The molecule has 1 heterocycles. The van der Waals surface area contributed by atoms with E-state index in [4.69, 9.17) is 17.3 Å². The third-order valence-electron chi connectivity index (χ3n) is 2.93. The number of hydrogen-bond donors (Lipinski definition) is 2. The number of carbonyl (C=O) groups excluding carboxylic acids is 2. The molecule has 120 valence electrons. The molecule has 0 radical (unpaired) electrons. The number of alkyl halides is 3. The summed E-state index contributed by atoms with van der Waals surface area (Å²) >= 11 is 5.80. The van der Waals surface area contributed by atoms with E-state index in [1.807, 2.05) is 0 Å². The molecule has 0 saturated carbocycles. The maximum absolute atomic E-state index is 12.9. The van der Waals surface area contributed by atoms with E-state index in [0.29, 0.717) is 12.6 Å². The second kappa shape index (κ2) is 6.25. The first kappa shape index (κ1) is 16.8. The SMILES string of the molecule is NC(=O)c1ncc(C(F)(F)F)cc1-c1ccc(Cl)cc1NC=O. The van der Waals surface area contributed by atoms with Gasteiger partial charge in [0.1, 0.15) is 5.69 Å². The Hall–Kier alpha value is -2.61. The van der Waals surface area contributed by atoms with Gasteiger partial charge in [-0.1, -0.05) is 17.7 Å². The minimum atomic E-state index is -4.65. The van der Waals surface area contributed by atoms with E-state index in [9.17, 15) is 22.8 Å². The first-order valence-corrected chi connectivity index (χ1v) is 6.49. The number of nitrogens with one attached hydrogen (secondary N) is 1. The van der Waals surface area contributed by atoms with Gasteiger partial charge in [0.2, 0.25) is 6.41 Å². The zero-order valence-corrected chi connectivity index (χ0v) is 12.1. The molecule has 2 amide bonds. The Morgan fingerprint density at radius 1 is 1.26 bits per heavy atom. The number of rotatable bonds is 4. The Morgan fingerprint density at radius 3 is 2.52 bits per heavy atom. The lowest BCUT2D eigenvalue weighted by atomic mass is 9.99. The first-order valence-electron chi connectivity index (χ1n) is 6.11. The van der Waals surface area contributed by atoms with Crippen LogP contribution in [-0.4, -0.2) is 17.3 Å². The van der Waals surface area contributed by atoms with Gasteiger partial charge in [-0.15, -0.1) is 0 Å². The van der Waals surface area contributed by atoms with Gasteiger partial charge in [-0.05, 0) is 18.2 Å². The number of aromatic nitrogens is 1. The van der Waals surface area contributed by atoms with Gasteiger partial charge < -0.3 is 11.1 Å². The van der Waals surface area contributed by atoms with Crippen LogP contribution in [0.25, 0.3) is 11.1 Å². The van der Waals surface area contributed by atoms with Gasteiger partial charge in [0, 0.05) is 28.0 Å². The Balaban J connectivity index is 2.74. The molecule has 0 unspecified atom stereocenters. The van der Waals surface area contributed by atoms with Gasteiger partial charge in [-0.25, -0.2) is 4.98 Å². The van der Waals surface area contributed by atoms with Crippen LogP contribution in [0.3, 0.4) is 0 Å². The van der Waals surface area contributed by atoms with Gasteiger partial charge in [0.15, 0.2) is 0 Å². The molecule has 0 aliphatic rings. The third-order valence-corrected chi connectivity index (χ3v) is 3.17. The normalized spacial score (nSPS) is 11.1. The van der Waals surface area contributed by atoms with Crippen LogP contribution in [0.5, 0.6) is 0 Å². The van der Waals surface area contributed by atoms with Crippen LogP contribution in [0.1, 0.15) is 16.1 Å². The summed E-state index contributed by atoms with van der Waals surface area (Å²) in [6.45, 7) is 0. The van der Waals surface area contributed by atoms with Crippen LogP contribution in [0.15, 0.2) is 30.5 Å². The Bertz CT molecular complexity index is 778. The average Bonchev–Trinajstić information content (AvgIpc) is 2.46. The minimum Gasteiger partial charge on any atom is -0.364 e. The highest BCUT2D eigenvalue weighted by molar-refractivity contribution is 6.31. The number of nitrogens with zero attached hydrogens (tertiary/aromatic N) is 1. The fourth-order valence-corrected chi connectivity index (χ4v) is 2.13. The van der Waals surface area contributed by atoms with Crippen molar-refractivity contribution in [1.29, 1.82) is 0 Å². The molecule has 0 aliphatic heterocycles. The van der Waals surface area contributed by atoms with Gasteiger partial charge in [-0.2, -0.15) is 13.2 Å². The summed E-state index contributed by atoms with van der Waals surface area (Å²) in [7, 11) is 0. The van der Waals surface area contributed by atoms with E-state index >= 15 is 0 Å². The van der Waals surface area contributed by atoms with Crippen molar-refractivity contribution < 1.29 is 22.8 Å². The van der Waals surface area contributed by atoms with E-state index in [1.54, 1.807) is 0 Å². The molecule has 0 atom stereocenters.